The molecule has 0 bridgehead atoms. The fraction of sp³-hybridized carbons (Fsp3) is 0.818. The molecule has 0 aromatic carbocycles. The zero-order valence-electron chi connectivity index (χ0n) is 17.1. The Morgan fingerprint density at radius 3 is 1.73 bits per heavy atom. The molecule has 4 heteroatoms. The molecule has 0 unspecified atom stereocenters. The molecule has 0 atom stereocenters. The highest BCUT2D eigenvalue weighted by Crippen LogP contribution is 2.15. The molecule has 0 fully saturated rings. The third kappa shape index (κ3) is 16.5. The average molecular weight is 382 g/mol. The van der Waals surface area contributed by atoms with Crippen LogP contribution in [-0.4, -0.2) is 18.3 Å². The summed E-state index contributed by atoms with van der Waals surface area (Å²) in [7, 11) is 0. The van der Waals surface area contributed by atoms with Crippen LogP contribution in [0.4, 0.5) is 0 Å². The molecule has 0 saturated heterocycles. The van der Waals surface area contributed by atoms with Crippen molar-refractivity contribution < 1.29 is 9.53 Å². The topological polar surface area (TPSA) is 50.1 Å². The predicted molar refractivity (Wildman–Crippen MR) is 113 cm³/mol. The van der Waals surface area contributed by atoms with Crippen molar-refractivity contribution in [2.45, 2.75) is 104 Å². The first-order chi connectivity index (χ1) is 12.8. The standard InChI is InChI=1S/C22H39NO2S/c1-3-5-6-7-8-9-10-11-12-13-14-15-16-17-18-26-20-21(19-23)22(24)25-4-2/h20H,3-18H2,1-2H3/b21-20+. The van der Waals surface area contributed by atoms with Gasteiger partial charge in [-0.05, 0) is 24.5 Å². The van der Waals surface area contributed by atoms with Gasteiger partial charge in [-0.25, -0.2) is 4.79 Å². The molecule has 0 aliphatic rings. The first-order valence-corrected chi connectivity index (χ1v) is 11.7. The van der Waals surface area contributed by atoms with Gasteiger partial charge in [-0.3, -0.25) is 0 Å². The van der Waals surface area contributed by atoms with Crippen LogP contribution in [0.3, 0.4) is 0 Å². The molecule has 0 amide bonds. The van der Waals surface area contributed by atoms with Crippen molar-refractivity contribution >= 4 is 17.7 Å². The predicted octanol–water partition coefficient (Wildman–Crippen LogP) is 7.17. The fourth-order valence-corrected chi connectivity index (χ4v) is 3.66. The maximum Gasteiger partial charge on any atom is 0.349 e. The van der Waals surface area contributed by atoms with Crippen LogP contribution in [-0.2, 0) is 9.53 Å². The second-order valence-corrected chi connectivity index (χ2v) is 7.81. The number of thioether (sulfide) groups is 1. The van der Waals surface area contributed by atoms with Crippen molar-refractivity contribution in [3.63, 3.8) is 0 Å². The van der Waals surface area contributed by atoms with Crippen LogP contribution in [0.25, 0.3) is 0 Å². The number of carbonyl (C=O) groups is 1. The van der Waals surface area contributed by atoms with Crippen LogP contribution in [0.15, 0.2) is 11.0 Å². The fourth-order valence-electron chi connectivity index (χ4n) is 2.85. The van der Waals surface area contributed by atoms with E-state index in [1.807, 2.05) is 6.07 Å². The van der Waals surface area contributed by atoms with Crippen molar-refractivity contribution in [2.75, 3.05) is 12.4 Å². The molecule has 150 valence electrons. The van der Waals surface area contributed by atoms with E-state index < -0.39 is 5.97 Å². The van der Waals surface area contributed by atoms with Crippen LogP contribution in [0.2, 0.25) is 0 Å². The van der Waals surface area contributed by atoms with Gasteiger partial charge in [-0.1, -0.05) is 90.4 Å². The highest BCUT2D eigenvalue weighted by molar-refractivity contribution is 8.02. The second kappa shape index (κ2) is 20.4. The van der Waals surface area contributed by atoms with E-state index >= 15 is 0 Å². The minimum atomic E-state index is -0.511. The van der Waals surface area contributed by atoms with E-state index in [0.29, 0.717) is 6.61 Å². The Hall–Kier alpha value is -0.950. The third-order valence-electron chi connectivity index (χ3n) is 4.43. The molecule has 26 heavy (non-hydrogen) atoms. The normalized spacial score (nSPS) is 11.3. The molecule has 3 nitrogen and oxygen atoms in total. The van der Waals surface area contributed by atoms with E-state index in [1.54, 1.807) is 12.3 Å². The number of hydrogen-bond donors (Lipinski definition) is 0. The highest BCUT2D eigenvalue weighted by Gasteiger charge is 2.08. The zero-order valence-corrected chi connectivity index (χ0v) is 17.9. The number of nitriles is 1. The largest absolute Gasteiger partial charge is 0.462 e. The maximum atomic E-state index is 11.4. The Balaban J connectivity index is 3.34. The lowest BCUT2D eigenvalue weighted by molar-refractivity contribution is -0.137. The van der Waals surface area contributed by atoms with E-state index in [1.165, 1.54) is 95.2 Å². The smallest absolute Gasteiger partial charge is 0.349 e. The van der Waals surface area contributed by atoms with E-state index in [9.17, 15) is 4.79 Å². The van der Waals surface area contributed by atoms with Crippen molar-refractivity contribution in [3.05, 3.63) is 11.0 Å². The monoisotopic (exact) mass is 381 g/mol. The van der Waals surface area contributed by atoms with Gasteiger partial charge in [0.25, 0.3) is 0 Å². The first-order valence-electron chi connectivity index (χ1n) is 10.6. The molecule has 0 spiro atoms. The maximum absolute atomic E-state index is 11.4. The van der Waals surface area contributed by atoms with Crippen molar-refractivity contribution in [1.29, 1.82) is 5.26 Å². The van der Waals surface area contributed by atoms with Crippen LogP contribution in [0, 0.1) is 11.3 Å². The van der Waals surface area contributed by atoms with E-state index in [-0.39, 0.29) is 5.57 Å². The van der Waals surface area contributed by atoms with Crippen molar-refractivity contribution in [2.24, 2.45) is 0 Å². The summed E-state index contributed by atoms with van der Waals surface area (Å²) in [5.74, 6) is 0.450. The van der Waals surface area contributed by atoms with Gasteiger partial charge in [0.1, 0.15) is 11.6 Å². The van der Waals surface area contributed by atoms with Crippen molar-refractivity contribution in [3.8, 4) is 6.07 Å². The van der Waals surface area contributed by atoms with Gasteiger partial charge in [0.2, 0.25) is 0 Å². The number of unbranched alkanes of at least 4 members (excludes halogenated alkanes) is 13. The zero-order chi connectivity index (χ0) is 19.3. The number of ether oxygens (including phenoxy) is 1. The van der Waals surface area contributed by atoms with Gasteiger partial charge in [0.05, 0.1) is 6.61 Å². The lowest BCUT2D eigenvalue weighted by atomic mass is 10.0. The Bertz CT molecular complexity index is 401. The Morgan fingerprint density at radius 2 is 1.31 bits per heavy atom. The van der Waals surface area contributed by atoms with E-state index in [4.69, 9.17) is 10.00 Å². The molecule has 0 saturated carbocycles. The SMILES string of the molecule is CCCCCCCCCCCCCCCCS/C=C(\C#N)C(=O)OCC. The van der Waals surface area contributed by atoms with Crippen molar-refractivity contribution in [1.82, 2.24) is 0 Å². The first kappa shape index (κ1) is 25.1. The molecule has 0 radical (unpaired) electrons. The number of carbonyl (C=O) groups excluding carboxylic acids is 1. The number of nitrogens with zero attached hydrogens (tertiary/aromatic N) is 1. The summed E-state index contributed by atoms with van der Waals surface area (Å²) in [5, 5.41) is 10.6. The van der Waals surface area contributed by atoms with Gasteiger partial charge in [-0.2, -0.15) is 5.26 Å². The summed E-state index contributed by atoms with van der Waals surface area (Å²) < 4.78 is 4.83. The molecule has 0 rings (SSSR count). The molecule has 0 aromatic heterocycles. The van der Waals surface area contributed by atoms with Crippen LogP contribution >= 0.6 is 11.8 Å². The molecule has 0 aromatic rings. The lowest BCUT2D eigenvalue weighted by Gasteiger charge is -2.03. The van der Waals surface area contributed by atoms with Crippen LogP contribution in [0.5, 0.6) is 0 Å². The highest BCUT2D eigenvalue weighted by atomic mass is 32.2. The Morgan fingerprint density at radius 1 is 0.846 bits per heavy atom. The average Bonchev–Trinajstić information content (AvgIpc) is 2.64. The minimum Gasteiger partial charge on any atom is -0.462 e. The molecule has 0 N–H and O–H groups in total. The van der Waals surface area contributed by atoms with E-state index in [2.05, 4.69) is 6.92 Å². The molecule has 0 aliphatic heterocycles. The van der Waals surface area contributed by atoms with Gasteiger partial charge in [0.15, 0.2) is 0 Å². The number of hydrogen-bond acceptors (Lipinski definition) is 4. The quantitative estimate of drug-likeness (QED) is 0.109. The van der Waals surface area contributed by atoms with Gasteiger partial charge >= 0.3 is 5.97 Å². The summed E-state index contributed by atoms with van der Waals surface area (Å²) in [6.45, 7) is 4.32. The lowest BCUT2D eigenvalue weighted by Crippen LogP contribution is -2.05. The number of esters is 1. The van der Waals surface area contributed by atoms with Gasteiger partial charge in [-0.15, -0.1) is 11.8 Å². The minimum absolute atomic E-state index is 0.113. The summed E-state index contributed by atoms with van der Waals surface area (Å²) >= 11 is 1.54. The van der Waals surface area contributed by atoms with Crippen LogP contribution < -0.4 is 0 Å². The van der Waals surface area contributed by atoms with Gasteiger partial charge in [0, 0.05) is 0 Å². The molecular formula is C22H39NO2S. The molecular weight excluding hydrogens is 342 g/mol. The van der Waals surface area contributed by atoms with Gasteiger partial charge < -0.3 is 4.74 Å². The van der Waals surface area contributed by atoms with Crippen LogP contribution in [0.1, 0.15) is 104 Å². The summed E-state index contributed by atoms with van der Waals surface area (Å²) in [4.78, 5) is 11.4. The Labute approximate surface area is 166 Å². The molecule has 0 aliphatic carbocycles. The number of rotatable bonds is 18. The Kier molecular flexibility index (Phi) is 19.6. The summed E-state index contributed by atoms with van der Waals surface area (Å²) in [6, 6.07) is 1.90. The summed E-state index contributed by atoms with van der Waals surface area (Å²) in [6.07, 6.45) is 19.0. The van der Waals surface area contributed by atoms with E-state index in [0.717, 1.165) is 12.2 Å². The molecule has 0 heterocycles. The summed E-state index contributed by atoms with van der Waals surface area (Å²) in [5.41, 5.74) is 0.113. The third-order valence-corrected chi connectivity index (χ3v) is 5.36. The second-order valence-electron chi connectivity index (χ2n) is 6.83.